The number of unbranched alkanes of at least 4 members (excludes halogenated alkanes) is 2. The molecule has 1 aromatic heterocycles. The molecule has 0 spiro atoms. The summed E-state index contributed by atoms with van der Waals surface area (Å²) in [6, 6.07) is 0. The van der Waals surface area contributed by atoms with E-state index in [-0.39, 0.29) is 0 Å². The van der Waals surface area contributed by atoms with Crippen LogP contribution in [0.25, 0.3) is 0 Å². The van der Waals surface area contributed by atoms with E-state index in [0.29, 0.717) is 5.92 Å². The molecule has 3 heteroatoms. The van der Waals surface area contributed by atoms with Crippen LogP contribution in [0.5, 0.6) is 0 Å². The average molecular weight is 238 g/mol. The summed E-state index contributed by atoms with van der Waals surface area (Å²) in [6.07, 6.45) is 10.2. The van der Waals surface area contributed by atoms with E-state index >= 15 is 0 Å². The fourth-order valence-electron chi connectivity index (χ4n) is 2.45. The average Bonchev–Trinajstić information content (AvgIpc) is 2.88. The number of nitrogens with zero attached hydrogens (tertiary/aromatic N) is 1. The third-order valence-electron chi connectivity index (χ3n) is 3.47. The van der Waals surface area contributed by atoms with Crippen LogP contribution in [-0.2, 0) is 6.42 Å². The molecule has 2 N–H and O–H groups in total. The van der Waals surface area contributed by atoms with E-state index in [2.05, 4.69) is 6.92 Å². The molecule has 1 aliphatic carbocycles. The summed E-state index contributed by atoms with van der Waals surface area (Å²) in [5, 5.41) is 2.28. The highest BCUT2D eigenvalue weighted by molar-refractivity contribution is 7.15. The van der Waals surface area contributed by atoms with Gasteiger partial charge in [0.2, 0.25) is 0 Å². The lowest BCUT2D eigenvalue weighted by molar-refractivity contribution is 0.690. The van der Waals surface area contributed by atoms with E-state index in [1.54, 1.807) is 11.3 Å². The topological polar surface area (TPSA) is 38.9 Å². The zero-order valence-electron chi connectivity index (χ0n) is 10.2. The van der Waals surface area contributed by atoms with E-state index in [9.17, 15) is 0 Å². The van der Waals surface area contributed by atoms with Gasteiger partial charge in [-0.25, -0.2) is 4.98 Å². The molecule has 1 aromatic rings. The van der Waals surface area contributed by atoms with Crippen LogP contribution in [0, 0.1) is 0 Å². The third kappa shape index (κ3) is 2.76. The van der Waals surface area contributed by atoms with Gasteiger partial charge in [0, 0.05) is 5.92 Å². The van der Waals surface area contributed by atoms with Gasteiger partial charge >= 0.3 is 0 Å². The maximum Gasteiger partial charge on any atom is 0.109 e. The van der Waals surface area contributed by atoms with Gasteiger partial charge in [-0.15, -0.1) is 11.3 Å². The summed E-state index contributed by atoms with van der Waals surface area (Å²) in [5.41, 5.74) is 7.21. The Hall–Kier alpha value is -0.570. The van der Waals surface area contributed by atoms with Crippen molar-refractivity contribution in [2.24, 2.45) is 0 Å². The Labute approximate surface area is 102 Å². The van der Waals surface area contributed by atoms with Crippen LogP contribution in [0.1, 0.15) is 68.5 Å². The largest absolute Gasteiger partial charge is 0.389 e. The van der Waals surface area contributed by atoms with Gasteiger partial charge in [0.25, 0.3) is 0 Å². The summed E-state index contributed by atoms with van der Waals surface area (Å²) < 4.78 is 0. The minimum Gasteiger partial charge on any atom is -0.389 e. The van der Waals surface area contributed by atoms with Crippen molar-refractivity contribution in [3.8, 4) is 0 Å². The van der Waals surface area contributed by atoms with Gasteiger partial charge in [0.15, 0.2) is 0 Å². The molecule has 16 heavy (non-hydrogen) atoms. The number of aryl methyl sites for hydroxylation is 1. The van der Waals surface area contributed by atoms with Gasteiger partial charge < -0.3 is 5.73 Å². The number of rotatable bonds is 5. The summed E-state index contributed by atoms with van der Waals surface area (Å²) in [4.78, 5) is 4.76. The molecule has 0 atom stereocenters. The first-order chi connectivity index (χ1) is 7.81. The van der Waals surface area contributed by atoms with Gasteiger partial charge in [-0.1, -0.05) is 32.6 Å². The first kappa shape index (κ1) is 11.9. The molecular weight excluding hydrogens is 216 g/mol. The van der Waals surface area contributed by atoms with Gasteiger partial charge in [0.1, 0.15) is 5.00 Å². The molecule has 0 saturated heterocycles. The predicted octanol–water partition coefficient (Wildman–Crippen LogP) is 4.12. The maximum absolute atomic E-state index is 6.05. The van der Waals surface area contributed by atoms with Crippen LogP contribution in [0.4, 0.5) is 5.00 Å². The molecule has 2 nitrogen and oxygen atoms in total. The molecule has 90 valence electrons. The molecule has 0 bridgehead atoms. The summed E-state index contributed by atoms with van der Waals surface area (Å²) in [6.45, 7) is 2.23. The molecule has 0 amide bonds. The molecule has 1 heterocycles. The molecule has 2 rings (SSSR count). The highest BCUT2D eigenvalue weighted by Crippen LogP contribution is 2.38. The lowest BCUT2D eigenvalue weighted by Gasteiger charge is -2.02. The smallest absolute Gasteiger partial charge is 0.109 e. The lowest BCUT2D eigenvalue weighted by Crippen LogP contribution is -1.94. The maximum atomic E-state index is 6.05. The zero-order valence-corrected chi connectivity index (χ0v) is 11.0. The number of thiazole rings is 1. The Morgan fingerprint density at radius 2 is 2.06 bits per heavy atom. The molecular formula is C13H22N2S. The van der Waals surface area contributed by atoms with Crippen molar-refractivity contribution >= 4 is 16.3 Å². The number of nitrogen functional groups attached to an aromatic ring is 1. The number of nitrogens with two attached hydrogens (primary N) is 1. The van der Waals surface area contributed by atoms with E-state index < -0.39 is 0 Å². The Bertz CT molecular complexity index is 327. The van der Waals surface area contributed by atoms with Crippen molar-refractivity contribution in [2.75, 3.05) is 5.73 Å². The number of hydrogen-bond acceptors (Lipinski definition) is 3. The summed E-state index contributed by atoms with van der Waals surface area (Å²) in [5.74, 6) is 0.715. The van der Waals surface area contributed by atoms with Crippen molar-refractivity contribution in [1.82, 2.24) is 4.98 Å². The van der Waals surface area contributed by atoms with E-state index in [0.717, 1.165) is 11.4 Å². The van der Waals surface area contributed by atoms with Crippen molar-refractivity contribution in [3.05, 3.63) is 10.7 Å². The molecule has 0 unspecified atom stereocenters. The van der Waals surface area contributed by atoms with Crippen LogP contribution >= 0.6 is 11.3 Å². The molecule has 1 aliphatic rings. The van der Waals surface area contributed by atoms with Gasteiger partial charge in [0.05, 0.1) is 10.7 Å². The van der Waals surface area contributed by atoms with Crippen molar-refractivity contribution in [1.29, 1.82) is 0 Å². The lowest BCUT2D eigenvalue weighted by atomic mass is 10.1. The normalized spacial score (nSPS) is 17.1. The minimum absolute atomic E-state index is 0.715. The fourth-order valence-corrected chi connectivity index (χ4v) is 3.50. The molecule has 0 aromatic carbocycles. The molecule has 1 fully saturated rings. The van der Waals surface area contributed by atoms with E-state index in [1.807, 2.05) is 0 Å². The first-order valence-corrected chi connectivity index (χ1v) is 7.38. The molecule has 0 radical (unpaired) electrons. The second-order valence-electron chi connectivity index (χ2n) is 4.80. The Morgan fingerprint density at radius 3 is 2.75 bits per heavy atom. The fraction of sp³-hybridized carbons (Fsp3) is 0.769. The quantitative estimate of drug-likeness (QED) is 0.784. The van der Waals surface area contributed by atoms with Gasteiger partial charge in [-0.05, 0) is 25.7 Å². The monoisotopic (exact) mass is 238 g/mol. The van der Waals surface area contributed by atoms with Crippen molar-refractivity contribution < 1.29 is 0 Å². The Balaban J connectivity index is 1.97. The van der Waals surface area contributed by atoms with Crippen molar-refractivity contribution in [2.45, 2.75) is 64.2 Å². The molecule has 0 aliphatic heterocycles. The second kappa shape index (κ2) is 5.67. The third-order valence-corrected chi connectivity index (χ3v) is 4.55. The van der Waals surface area contributed by atoms with Crippen LogP contribution in [0.3, 0.4) is 0 Å². The second-order valence-corrected chi connectivity index (χ2v) is 5.86. The van der Waals surface area contributed by atoms with Crippen molar-refractivity contribution in [3.63, 3.8) is 0 Å². The zero-order chi connectivity index (χ0) is 11.4. The number of anilines is 1. The predicted molar refractivity (Wildman–Crippen MR) is 71.0 cm³/mol. The Kier molecular flexibility index (Phi) is 4.22. The standard InChI is InChI=1S/C13H22N2S/c1-2-3-4-9-11-12(14)16-13(15-11)10-7-5-6-8-10/h10H,2-9,14H2,1H3. The van der Waals surface area contributed by atoms with Crippen LogP contribution in [-0.4, -0.2) is 4.98 Å². The van der Waals surface area contributed by atoms with Crippen LogP contribution < -0.4 is 5.73 Å². The van der Waals surface area contributed by atoms with Crippen LogP contribution in [0.2, 0.25) is 0 Å². The van der Waals surface area contributed by atoms with Crippen LogP contribution in [0.15, 0.2) is 0 Å². The number of hydrogen-bond donors (Lipinski definition) is 1. The van der Waals surface area contributed by atoms with E-state index in [4.69, 9.17) is 10.7 Å². The summed E-state index contributed by atoms with van der Waals surface area (Å²) in [7, 11) is 0. The van der Waals surface area contributed by atoms with Gasteiger partial charge in [-0.3, -0.25) is 0 Å². The highest BCUT2D eigenvalue weighted by atomic mass is 32.1. The number of aromatic nitrogens is 1. The molecule has 1 saturated carbocycles. The highest BCUT2D eigenvalue weighted by Gasteiger charge is 2.21. The Morgan fingerprint density at radius 1 is 1.31 bits per heavy atom. The first-order valence-electron chi connectivity index (χ1n) is 6.56. The summed E-state index contributed by atoms with van der Waals surface area (Å²) >= 11 is 1.74. The van der Waals surface area contributed by atoms with Gasteiger partial charge in [-0.2, -0.15) is 0 Å². The SMILES string of the molecule is CCCCCc1nc(C2CCCC2)sc1N. The van der Waals surface area contributed by atoms with E-state index in [1.165, 1.54) is 55.6 Å². The minimum atomic E-state index is 0.715.